The molecule has 3 nitrogen and oxygen atoms in total. The Labute approximate surface area is 101 Å². The molecule has 0 amide bonds. The smallest absolute Gasteiger partial charge is 0.145 e. The number of hydrogen-bond acceptors (Lipinski definition) is 2. The van der Waals surface area contributed by atoms with Crippen LogP contribution in [0.2, 0.25) is 5.15 Å². The molecule has 1 heterocycles. The van der Waals surface area contributed by atoms with Crippen molar-refractivity contribution in [3.05, 3.63) is 16.4 Å². The lowest BCUT2D eigenvalue weighted by molar-refractivity contribution is 0.436. The van der Waals surface area contributed by atoms with Gasteiger partial charge in [-0.2, -0.15) is 10.4 Å². The number of nitrogens with zero attached hydrogens (tertiary/aromatic N) is 3. The largest absolute Gasteiger partial charge is 0.249 e. The predicted molar refractivity (Wildman–Crippen MR) is 63.5 cm³/mol. The Bertz CT molecular complexity index is 438. The first kappa shape index (κ1) is 11.5. The highest BCUT2D eigenvalue weighted by molar-refractivity contribution is 6.30. The van der Waals surface area contributed by atoms with Crippen LogP contribution in [0.5, 0.6) is 0 Å². The second-order valence-corrected chi connectivity index (χ2v) is 5.20. The standard InChI is InChI=1S/C12H16ClN3/c1-7(2)11-10(6-14)12(13)16(15-11)8(3)9-4-5-9/h7-9H,4-5H2,1-3H3. The van der Waals surface area contributed by atoms with Crippen LogP contribution < -0.4 is 0 Å². The highest BCUT2D eigenvalue weighted by atomic mass is 35.5. The van der Waals surface area contributed by atoms with Gasteiger partial charge >= 0.3 is 0 Å². The van der Waals surface area contributed by atoms with E-state index in [2.05, 4.69) is 18.1 Å². The summed E-state index contributed by atoms with van der Waals surface area (Å²) in [6.07, 6.45) is 2.49. The van der Waals surface area contributed by atoms with Gasteiger partial charge in [0, 0.05) is 0 Å². The summed E-state index contributed by atoms with van der Waals surface area (Å²) < 4.78 is 1.83. The zero-order valence-electron chi connectivity index (χ0n) is 9.87. The van der Waals surface area contributed by atoms with Crippen molar-refractivity contribution in [3.8, 4) is 6.07 Å². The summed E-state index contributed by atoms with van der Waals surface area (Å²) in [6.45, 7) is 6.19. The summed E-state index contributed by atoms with van der Waals surface area (Å²) in [6, 6.07) is 2.48. The van der Waals surface area contributed by atoms with Crippen molar-refractivity contribution in [1.29, 1.82) is 5.26 Å². The van der Waals surface area contributed by atoms with E-state index in [1.54, 1.807) is 0 Å². The van der Waals surface area contributed by atoms with Gasteiger partial charge in [-0.25, -0.2) is 4.68 Å². The van der Waals surface area contributed by atoms with Crippen LogP contribution in [-0.4, -0.2) is 9.78 Å². The second kappa shape index (κ2) is 4.10. The van der Waals surface area contributed by atoms with Gasteiger partial charge in [0.1, 0.15) is 16.8 Å². The highest BCUT2D eigenvalue weighted by Crippen LogP contribution is 2.41. The molecule has 0 spiro atoms. The predicted octanol–water partition coefficient (Wildman–Crippen LogP) is 3.50. The number of halogens is 1. The van der Waals surface area contributed by atoms with Crippen LogP contribution in [0.3, 0.4) is 0 Å². The lowest BCUT2D eigenvalue weighted by Gasteiger charge is -2.11. The molecule has 1 saturated carbocycles. The SMILES string of the molecule is CC(C)c1nn(C(C)C2CC2)c(Cl)c1C#N. The summed E-state index contributed by atoms with van der Waals surface area (Å²) in [5.41, 5.74) is 1.36. The molecule has 0 aromatic carbocycles. The molecule has 0 radical (unpaired) electrons. The minimum Gasteiger partial charge on any atom is -0.249 e. The van der Waals surface area contributed by atoms with Crippen molar-refractivity contribution in [2.24, 2.45) is 5.92 Å². The van der Waals surface area contributed by atoms with Crippen LogP contribution in [0, 0.1) is 17.2 Å². The van der Waals surface area contributed by atoms with Gasteiger partial charge in [0.25, 0.3) is 0 Å². The third-order valence-electron chi connectivity index (χ3n) is 3.23. The number of nitriles is 1. The summed E-state index contributed by atoms with van der Waals surface area (Å²) >= 11 is 6.22. The van der Waals surface area contributed by atoms with E-state index in [1.807, 2.05) is 18.5 Å². The summed E-state index contributed by atoms with van der Waals surface area (Å²) in [5, 5.41) is 14.1. The molecule has 1 aromatic rings. The molecular formula is C12H16ClN3. The second-order valence-electron chi connectivity index (χ2n) is 4.84. The van der Waals surface area contributed by atoms with Crippen molar-refractivity contribution in [1.82, 2.24) is 9.78 Å². The number of aromatic nitrogens is 2. The molecule has 1 fully saturated rings. The maximum atomic E-state index is 9.11. The molecule has 0 aliphatic heterocycles. The van der Waals surface area contributed by atoms with Gasteiger partial charge in [0.05, 0.1) is 11.7 Å². The van der Waals surface area contributed by atoms with Crippen LogP contribution in [0.1, 0.15) is 56.8 Å². The van der Waals surface area contributed by atoms with Crippen molar-refractivity contribution < 1.29 is 0 Å². The number of rotatable bonds is 3. The minimum atomic E-state index is 0.236. The average molecular weight is 238 g/mol. The molecule has 0 saturated heterocycles. The third-order valence-corrected chi connectivity index (χ3v) is 3.59. The average Bonchev–Trinajstić information content (AvgIpc) is 3.01. The quantitative estimate of drug-likeness (QED) is 0.807. The summed E-state index contributed by atoms with van der Waals surface area (Å²) in [7, 11) is 0. The highest BCUT2D eigenvalue weighted by Gasteiger charge is 2.32. The minimum absolute atomic E-state index is 0.236. The fourth-order valence-electron chi connectivity index (χ4n) is 1.99. The normalized spacial score (nSPS) is 17.5. The summed E-state index contributed by atoms with van der Waals surface area (Å²) in [4.78, 5) is 0. The molecule has 16 heavy (non-hydrogen) atoms. The fourth-order valence-corrected chi connectivity index (χ4v) is 2.32. The summed E-state index contributed by atoms with van der Waals surface area (Å²) in [5.74, 6) is 0.920. The van der Waals surface area contributed by atoms with Gasteiger partial charge in [-0.05, 0) is 31.6 Å². The van der Waals surface area contributed by atoms with E-state index < -0.39 is 0 Å². The maximum Gasteiger partial charge on any atom is 0.145 e. The van der Waals surface area contributed by atoms with Crippen LogP contribution >= 0.6 is 11.6 Å². The van der Waals surface area contributed by atoms with Crippen LogP contribution in [0.4, 0.5) is 0 Å². The van der Waals surface area contributed by atoms with E-state index in [9.17, 15) is 0 Å². The van der Waals surface area contributed by atoms with Crippen molar-refractivity contribution in [2.45, 2.75) is 45.6 Å². The van der Waals surface area contributed by atoms with Crippen LogP contribution in [0.25, 0.3) is 0 Å². The third kappa shape index (κ3) is 1.82. The lowest BCUT2D eigenvalue weighted by atomic mass is 10.1. The first-order valence-corrected chi connectivity index (χ1v) is 6.12. The van der Waals surface area contributed by atoms with Crippen molar-refractivity contribution in [2.75, 3.05) is 0 Å². The van der Waals surface area contributed by atoms with E-state index in [-0.39, 0.29) is 5.92 Å². The van der Waals surface area contributed by atoms with Crippen LogP contribution in [0.15, 0.2) is 0 Å². The van der Waals surface area contributed by atoms with E-state index in [0.29, 0.717) is 22.7 Å². The Morgan fingerprint density at radius 2 is 2.06 bits per heavy atom. The van der Waals surface area contributed by atoms with E-state index in [4.69, 9.17) is 16.9 Å². The molecule has 0 bridgehead atoms. The van der Waals surface area contributed by atoms with E-state index in [0.717, 1.165) is 5.69 Å². The maximum absolute atomic E-state index is 9.11. The van der Waals surface area contributed by atoms with Gasteiger partial charge in [0.15, 0.2) is 0 Å². The van der Waals surface area contributed by atoms with E-state index >= 15 is 0 Å². The monoisotopic (exact) mass is 237 g/mol. The molecule has 2 rings (SSSR count). The first-order valence-electron chi connectivity index (χ1n) is 5.74. The molecule has 0 N–H and O–H groups in total. The van der Waals surface area contributed by atoms with Gasteiger partial charge in [-0.3, -0.25) is 0 Å². The Morgan fingerprint density at radius 3 is 2.44 bits per heavy atom. The molecule has 1 aromatic heterocycles. The first-order chi connectivity index (χ1) is 7.56. The Balaban J connectivity index is 2.43. The Kier molecular flexibility index (Phi) is 2.94. The van der Waals surface area contributed by atoms with Gasteiger partial charge in [0.2, 0.25) is 0 Å². The van der Waals surface area contributed by atoms with Crippen LogP contribution in [-0.2, 0) is 0 Å². The molecule has 1 aliphatic rings. The Morgan fingerprint density at radius 1 is 1.44 bits per heavy atom. The van der Waals surface area contributed by atoms with Gasteiger partial charge < -0.3 is 0 Å². The zero-order chi connectivity index (χ0) is 11.9. The Hall–Kier alpha value is -1.01. The van der Waals surface area contributed by atoms with Crippen molar-refractivity contribution in [3.63, 3.8) is 0 Å². The number of hydrogen-bond donors (Lipinski definition) is 0. The topological polar surface area (TPSA) is 41.6 Å². The van der Waals surface area contributed by atoms with Gasteiger partial charge in [-0.15, -0.1) is 0 Å². The van der Waals surface area contributed by atoms with E-state index in [1.165, 1.54) is 12.8 Å². The molecule has 1 atom stereocenters. The molecule has 1 aliphatic carbocycles. The fraction of sp³-hybridized carbons (Fsp3) is 0.667. The lowest BCUT2D eigenvalue weighted by Crippen LogP contribution is -2.09. The molecule has 1 unspecified atom stereocenters. The zero-order valence-corrected chi connectivity index (χ0v) is 10.6. The van der Waals surface area contributed by atoms with Gasteiger partial charge in [-0.1, -0.05) is 25.4 Å². The molecular weight excluding hydrogens is 222 g/mol. The molecule has 86 valence electrons. The van der Waals surface area contributed by atoms with Crippen molar-refractivity contribution >= 4 is 11.6 Å². The molecule has 4 heteroatoms.